The lowest BCUT2D eigenvalue weighted by Crippen LogP contribution is -1.73. The highest BCUT2D eigenvalue weighted by Gasteiger charge is 1.92. The van der Waals surface area contributed by atoms with E-state index in [-0.39, 0.29) is 18.0 Å². The molecule has 64 valence electrons. The number of H-pyrrole nitrogens is 2. The minimum absolute atomic E-state index is 0. The van der Waals surface area contributed by atoms with Crippen molar-refractivity contribution in [3.05, 3.63) is 5.32 Å². The molecule has 0 fully saturated rings. The molecule has 10 heteroatoms. The molecule has 0 unspecified atom stereocenters. The van der Waals surface area contributed by atoms with E-state index >= 15 is 0 Å². The van der Waals surface area contributed by atoms with Crippen LogP contribution >= 0.6 is 0 Å². The second-order valence-electron chi connectivity index (χ2n) is 1.54. The van der Waals surface area contributed by atoms with Gasteiger partial charge in [0.05, 0.1) is 0 Å². The Bertz CT molecular complexity index is 260. The van der Waals surface area contributed by atoms with Gasteiger partial charge in [-0.3, -0.25) is 5.32 Å². The summed E-state index contributed by atoms with van der Waals surface area (Å²) in [5.74, 6) is 0.345. The minimum Gasteiger partial charge on any atom is -0.369 e. The maximum atomic E-state index is 3.73. The van der Waals surface area contributed by atoms with Crippen molar-refractivity contribution in [2.24, 2.45) is 0 Å². The Morgan fingerprint density at radius 1 is 0.917 bits per heavy atom. The number of hydrogen-bond acceptors (Lipinski definition) is 6. The zero-order valence-corrected chi connectivity index (χ0v) is 6.13. The van der Waals surface area contributed by atoms with E-state index in [4.69, 9.17) is 0 Å². The van der Waals surface area contributed by atoms with Crippen molar-refractivity contribution >= 4 is 11.9 Å². The number of nitrogens with one attached hydrogen (secondary N) is 2. The van der Waals surface area contributed by atoms with Crippen molar-refractivity contribution in [3.8, 4) is 0 Å². The topological polar surface area (TPSA) is 160 Å². The molecule has 12 heavy (non-hydrogen) atoms. The molecule has 0 saturated carbocycles. The standard InChI is InChI=1S/C2H2N9.H3N/c3(1-4-8-9-5-1)2-6-10-11-7-2;/h(H2-,3,4,5,6,7,8,9,10,11);1H3/q-1;/p+1. The Balaban J connectivity index is 0.000000720. The van der Waals surface area contributed by atoms with Gasteiger partial charge < -0.3 is 6.15 Å². The highest BCUT2D eigenvalue weighted by atomic mass is 15.5. The monoisotopic (exact) mass is 170 g/mol. The molecule has 2 aromatic heterocycles. The molecule has 0 aliphatic heterocycles. The normalized spacial score (nSPS) is 9.00. The average molecular weight is 170 g/mol. The highest BCUT2D eigenvalue weighted by molar-refractivity contribution is 5.47. The Hall–Kier alpha value is -2.10. The Morgan fingerprint density at radius 3 is 1.75 bits per heavy atom. The molecular weight excluding hydrogens is 164 g/mol. The Labute approximate surface area is 65.7 Å². The quantitative estimate of drug-likeness (QED) is 0.546. The lowest BCUT2D eigenvalue weighted by Gasteiger charge is -1.94. The maximum Gasteiger partial charge on any atom is 0.157 e. The van der Waals surface area contributed by atoms with Crippen molar-refractivity contribution in [1.29, 1.82) is 0 Å². The molecule has 0 spiro atoms. The summed E-state index contributed by atoms with van der Waals surface area (Å²) in [6.07, 6.45) is 0. The SMILES string of the molecule is [NH4+].n1nc([N-]c2nn[nH]n2)n[nH]1. The van der Waals surface area contributed by atoms with Crippen LogP contribution < -0.4 is 6.15 Å². The van der Waals surface area contributed by atoms with Gasteiger partial charge in [0.2, 0.25) is 0 Å². The summed E-state index contributed by atoms with van der Waals surface area (Å²) in [5, 5.41) is 29.0. The lowest BCUT2D eigenvalue weighted by atomic mass is 10.9. The second-order valence-corrected chi connectivity index (χ2v) is 1.54. The zero-order chi connectivity index (χ0) is 7.52. The van der Waals surface area contributed by atoms with Gasteiger partial charge in [-0.1, -0.05) is 0 Å². The van der Waals surface area contributed by atoms with Crippen molar-refractivity contribution in [3.63, 3.8) is 0 Å². The first-order valence-corrected chi connectivity index (χ1v) is 2.64. The predicted octanol–water partition coefficient (Wildman–Crippen LogP) is -0.574. The van der Waals surface area contributed by atoms with Gasteiger partial charge in [0.25, 0.3) is 0 Å². The van der Waals surface area contributed by atoms with Gasteiger partial charge in [0.15, 0.2) is 11.9 Å². The van der Waals surface area contributed by atoms with Crippen LogP contribution in [0.25, 0.3) is 5.32 Å². The molecule has 0 aromatic carbocycles. The summed E-state index contributed by atoms with van der Waals surface area (Å²) in [4.78, 5) is 0. The summed E-state index contributed by atoms with van der Waals surface area (Å²) in [5.41, 5.74) is 0. The summed E-state index contributed by atoms with van der Waals surface area (Å²) >= 11 is 0. The molecule has 2 heterocycles. The Morgan fingerprint density at radius 2 is 1.42 bits per heavy atom. The number of tetrazole rings is 2. The van der Waals surface area contributed by atoms with Gasteiger partial charge in [-0.15, -0.1) is 10.4 Å². The number of hydrogen-bond donors (Lipinski definition) is 3. The summed E-state index contributed by atoms with van der Waals surface area (Å²) < 4.78 is 0. The molecule has 2 aromatic rings. The summed E-state index contributed by atoms with van der Waals surface area (Å²) in [6, 6.07) is 0. The van der Waals surface area contributed by atoms with Gasteiger partial charge in [0.1, 0.15) is 0 Å². The predicted molar refractivity (Wildman–Crippen MR) is 37.0 cm³/mol. The van der Waals surface area contributed by atoms with Gasteiger partial charge in [-0.05, 0) is 0 Å². The molecule has 6 N–H and O–H groups in total. The fraction of sp³-hybridized carbons (Fsp3) is 0. The molecule has 0 bridgehead atoms. The van der Waals surface area contributed by atoms with E-state index < -0.39 is 0 Å². The second kappa shape index (κ2) is 3.34. The molecule has 10 nitrogen and oxygen atoms in total. The molecule has 2 rings (SSSR count). The van der Waals surface area contributed by atoms with E-state index in [1.165, 1.54) is 0 Å². The largest absolute Gasteiger partial charge is 0.369 e. The van der Waals surface area contributed by atoms with Gasteiger partial charge in [0, 0.05) is 0 Å². The van der Waals surface area contributed by atoms with Gasteiger partial charge in [-0.25, -0.2) is 20.6 Å². The first-order chi connectivity index (χ1) is 5.45. The number of aromatic nitrogens is 8. The van der Waals surface area contributed by atoms with Crippen molar-refractivity contribution in [2.75, 3.05) is 0 Å². The molecular formula is C2H6N10. The molecule has 0 aliphatic rings. The van der Waals surface area contributed by atoms with E-state index in [0.29, 0.717) is 0 Å². The minimum atomic E-state index is 0. The number of rotatable bonds is 2. The van der Waals surface area contributed by atoms with Crippen LogP contribution in [0, 0.1) is 0 Å². The first-order valence-electron chi connectivity index (χ1n) is 2.64. The van der Waals surface area contributed by atoms with Gasteiger partial charge >= 0.3 is 0 Å². The zero-order valence-electron chi connectivity index (χ0n) is 6.13. The number of quaternary nitrogens is 1. The third-order valence-corrected chi connectivity index (χ3v) is 0.868. The Kier molecular flexibility index (Phi) is 2.23. The van der Waals surface area contributed by atoms with Crippen LogP contribution in [0.4, 0.5) is 11.9 Å². The molecule has 0 atom stereocenters. The van der Waals surface area contributed by atoms with Crippen LogP contribution in [0.1, 0.15) is 0 Å². The molecule has 0 aliphatic carbocycles. The summed E-state index contributed by atoms with van der Waals surface area (Å²) in [6.45, 7) is 0. The van der Waals surface area contributed by atoms with Crippen LogP contribution in [0.2, 0.25) is 0 Å². The van der Waals surface area contributed by atoms with Gasteiger partial charge in [-0.2, -0.15) is 10.2 Å². The van der Waals surface area contributed by atoms with E-state index in [9.17, 15) is 0 Å². The fourth-order valence-electron chi connectivity index (χ4n) is 0.497. The number of aromatic amines is 2. The van der Waals surface area contributed by atoms with Crippen molar-refractivity contribution < 1.29 is 0 Å². The summed E-state index contributed by atoms with van der Waals surface area (Å²) in [7, 11) is 0. The molecule has 0 radical (unpaired) electrons. The third kappa shape index (κ3) is 1.49. The average Bonchev–Trinajstić information content (AvgIpc) is 2.60. The van der Waals surface area contributed by atoms with Crippen LogP contribution in [-0.2, 0) is 0 Å². The smallest absolute Gasteiger partial charge is 0.157 e. The van der Waals surface area contributed by atoms with Crippen LogP contribution in [0.15, 0.2) is 0 Å². The molecule has 0 saturated heterocycles. The third-order valence-electron chi connectivity index (χ3n) is 0.868. The maximum absolute atomic E-state index is 3.73. The first kappa shape index (κ1) is 8.00. The van der Waals surface area contributed by atoms with Crippen LogP contribution in [0.5, 0.6) is 0 Å². The van der Waals surface area contributed by atoms with E-state index in [1.54, 1.807) is 0 Å². The van der Waals surface area contributed by atoms with Crippen molar-refractivity contribution in [1.82, 2.24) is 47.4 Å². The van der Waals surface area contributed by atoms with E-state index in [2.05, 4.69) is 46.6 Å². The van der Waals surface area contributed by atoms with E-state index in [0.717, 1.165) is 0 Å². The van der Waals surface area contributed by atoms with Crippen LogP contribution in [0.3, 0.4) is 0 Å². The van der Waals surface area contributed by atoms with E-state index in [1.807, 2.05) is 0 Å². The van der Waals surface area contributed by atoms with Crippen LogP contribution in [-0.4, -0.2) is 41.2 Å². The fourth-order valence-corrected chi connectivity index (χ4v) is 0.497. The van der Waals surface area contributed by atoms with Crippen molar-refractivity contribution in [2.45, 2.75) is 0 Å². The number of nitrogens with zero attached hydrogens (tertiary/aromatic N) is 7. The lowest BCUT2D eigenvalue weighted by molar-refractivity contribution is 0.881. The highest BCUT2D eigenvalue weighted by Crippen LogP contribution is 2.17. The molecule has 0 amide bonds.